The number of nitrogens with one attached hydrogen (secondary N) is 1. The molecule has 4 rings (SSSR count). The molecule has 126 valence electrons. The molecule has 0 bridgehead atoms. The number of likely N-dealkylation sites (tertiary alicyclic amines) is 1. The van der Waals surface area contributed by atoms with Crippen LogP contribution < -0.4 is 5.32 Å². The Morgan fingerprint density at radius 2 is 1.92 bits per heavy atom. The number of benzene rings is 1. The van der Waals surface area contributed by atoms with Crippen molar-refractivity contribution in [3.8, 4) is 0 Å². The minimum Gasteiger partial charge on any atom is -0.337 e. The summed E-state index contributed by atoms with van der Waals surface area (Å²) >= 11 is 0. The summed E-state index contributed by atoms with van der Waals surface area (Å²) in [5.74, 6) is 0.285. The number of carbonyl (C=O) groups is 1. The molecule has 1 aromatic heterocycles. The minimum atomic E-state index is 0.237. The van der Waals surface area contributed by atoms with Crippen LogP contribution in [-0.4, -0.2) is 39.2 Å². The Labute approximate surface area is 142 Å². The SMILES string of the molecule is Cc1c(CNC2CC(=O)N(C3Cc4ccccc4C3)C2)cnn1C. The number of aromatic nitrogens is 2. The second-order valence-electron chi connectivity index (χ2n) is 7.04. The fraction of sp³-hybridized carbons (Fsp3) is 0.474. The van der Waals surface area contributed by atoms with Crippen LogP contribution in [0.1, 0.15) is 28.8 Å². The molecule has 0 radical (unpaired) electrons. The molecule has 1 amide bonds. The zero-order valence-electron chi connectivity index (χ0n) is 14.3. The van der Waals surface area contributed by atoms with Crippen molar-refractivity contribution < 1.29 is 4.79 Å². The van der Waals surface area contributed by atoms with Crippen LogP contribution >= 0.6 is 0 Å². The van der Waals surface area contributed by atoms with Crippen molar-refractivity contribution in [1.29, 1.82) is 0 Å². The Kier molecular flexibility index (Phi) is 3.88. The predicted molar refractivity (Wildman–Crippen MR) is 92.5 cm³/mol. The van der Waals surface area contributed by atoms with Gasteiger partial charge in [0.1, 0.15) is 0 Å². The molecule has 2 heterocycles. The van der Waals surface area contributed by atoms with Gasteiger partial charge in [0.15, 0.2) is 0 Å². The van der Waals surface area contributed by atoms with Gasteiger partial charge in [0.25, 0.3) is 0 Å². The van der Waals surface area contributed by atoms with Crippen LogP contribution in [0.25, 0.3) is 0 Å². The van der Waals surface area contributed by atoms with Crippen LogP contribution in [0.5, 0.6) is 0 Å². The average Bonchev–Trinajstić information content (AvgIpc) is 3.24. The van der Waals surface area contributed by atoms with Crippen LogP contribution in [0.3, 0.4) is 0 Å². The second-order valence-corrected chi connectivity index (χ2v) is 7.04. The molecule has 1 unspecified atom stereocenters. The maximum absolute atomic E-state index is 12.5. The molecule has 0 spiro atoms. The Morgan fingerprint density at radius 1 is 1.21 bits per heavy atom. The Morgan fingerprint density at radius 3 is 2.54 bits per heavy atom. The molecule has 0 saturated carbocycles. The summed E-state index contributed by atoms with van der Waals surface area (Å²) in [5.41, 5.74) is 5.18. The summed E-state index contributed by atoms with van der Waals surface area (Å²) in [6, 6.07) is 9.14. The van der Waals surface area contributed by atoms with Gasteiger partial charge in [-0.25, -0.2) is 0 Å². The zero-order chi connectivity index (χ0) is 16.7. The zero-order valence-corrected chi connectivity index (χ0v) is 14.3. The van der Waals surface area contributed by atoms with Gasteiger partial charge in [-0.2, -0.15) is 5.10 Å². The van der Waals surface area contributed by atoms with Gasteiger partial charge in [-0.1, -0.05) is 24.3 Å². The molecule has 1 saturated heterocycles. The summed E-state index contributed by atoms with van der Waals surface area (Å²) in [6.07, 6.45) is 4.50. The van der Waals surface area contributed by atoms with Crippen molar-refractivity contribution >= 4 is 5.91 Å². The number of carbonyl (C=O) groups excluding carboxylic acids is 1. The molecule has 1 fully saturated rings. The minimum absolute atomic E-state index is 0.237. The fourth-order valence-electron chi connectivity index (χ4n) is 3.95. The van der Waals surface area contributed by atoms with Gasteiger partial charge in [-0.05, 0) is 30.9 Å². The van der Waals surface area contributed by atoms with E-state index in [0.717, 1.165) is 25.9 Å². The van der Waals surface area contributed by atoms with Gasteiger partial charge in [-0.3, -0.25) is 9.48 Å². The quantitative estimate of drug-likeness (QED) is 0.929. The summed E-state index contributed by atoms with van der Waals surface area (Å²) in [4.78, 5) is 14.6. The van der Waals surface area contributed by atoms with E-state index in [9.17, 15) is 4.79 Å². The third-order valence-electron chi connectivity index (χ3n) is 5.55. The molecule has 24 heavy (non-hydrogen) atoms. The first-order valence-electron chi connectivity index (χ1n) is 8.69. The summed E-state index contributed by atoms with van der Waals surface area (Å²) in [5, 5.41) is 7.82. The van der Waals surface area contributed by atoms with Gasteiger partial charge >= 0.3 is 0 Å². The number of rotatable bonds is 4. The second kappa shape index (κ2) is 6.06. The highest BCUT2D eigenvalue weighted by molar-refractivity contribution is 5.79. The number of amides is 1. The number of hydrogen-bond donors (Lipinski definition) is 1. The number of fused-ring (bicyclic) bond motifs is 1. The van der Waals surface area contributed by atoms with E-state index in [1.807, 2.05) is 17.9 Å². The lowest BCUT2D eigenvalue weighted by Crippen LogP contribution is -2.39. The maximum atomic E-state index is 12.5. The number of nitrogens with zero attached hydrogens (tertiary/aromatic N) is 3. The van der Waals surface area contributed by atoms with Gasteiger partial charge in [-0.15, -0.1) is 0 Å². The maximum Gasteiger partial charge on any atom is 0.224 e. The van der Waals surface area contributed by atoms with Crippen LogP contribution in [0, 0.1) is 6.92 Å². The molecule has 5 heteroatoms. The van der Waals surface area contributed by atoms with E-state index in [-0.39, 0.29) is 11.9 Å². The predicted octanol–water partition coefficient (Wildman–Crippen LogP) is 1.59. The molecular formula is C19H24N4O. The first-order chi connectivity index (χ1) is 11.6. The monoisotopic (exact) mass is 324 g/mol. The van der Waals surface area contributed by atoms with Crippen molar-refractivity contribution in [3.05, 3.63) is 52.8 Å². The van der Waals surface area contributed by atoms with E-state index in [4.69, 9.17) is 0 Å². The van der Waals surface area contributed by atoms with Gasteiger partial charge in [0.05, 0.1) is 6.20 Å². The van der Waals surface area contributed by atoms with Crippen LogP contribution in [0.2, 0.25) is 0 Å². The summed E-state index contributed by atoms with van der Waals surface area (Å²) < 4.78 is 1.89. The first kappa shape index (κ1) is 15.4. The molecule has 1 aliphatic carbocycles. The van der Waals surface area contributed by atoms with E-state index in [1.165, 1.54) is 22.4 Å². The van der Waals surface area contributed by atoms with Gasteiger partial charge in [0, 0.05) is 49.9 Å². The summed E-state index contributed by atoms with van der Waals surface area (Å²) in [6.45, 7) is 3.67. The molecular weight excluding hydrogens is 300 g/mol. The topological polar surface area (TPSA) is 50.2 Å². The molecule has 5 nitrogen and oxygen atoms in total. The fourth-order valence-corrected chi connectivity index (χ4v) is 3.95. The molecule has 1 aliphatic heterocycles. The lowest BCUT2D eigenvalue weighted by molar-refractivity contribution is -0.129. The van der Waals surface area contributed by atoms with Crippen molar-refractivity contribution in [2.24, 2.45) is 7.05 Å². The number of aryl methyl sites for hydroxylation is 1. The first-order valence-corrected chi connectivity index (χ1v) is 8.69. The highest BCUT2D eigenvalue weighted by atomic mass is 16.2. The smallest absolute Gasteiger partial charge is 0.224 e. The molecule has 2 aliphatic rings. The van der Waals surface area contributed by atoms with Crippen molar-refractivity contribution in [2.75, 3.05) is 6.54 Å². The normalized spacial score (nSPS) is 20.8. The van der Waals surface area contributed by atoms with Crippen LogP contribution in [-0.2, 0) is 31.2 Å². The summed E-state index contributed by atoms with van der Waals surface area (Å²) in [7, 11) is 1.96. The lowest BCUT2D eigenvalue weighted by atomic mass is 10.1. The van der Waals surface area contributed by atoms with Gasteiger partial charge in [0.2, 0.25) is 5.91 Å². The third-order valence-corrected chi connectivity index (χ3v) is 5.55. The van der Waals surface area contributed by atoms with Gasteiger partial charge < -0.3 is 10.2 Å². The highest BCUT2D eigenvalue weighted by Crippen LogP contribution is 2.28. The molecule has 1 atom stereocenters. The Balaban J connectivity index is 1.37. The van der Waals surface area contributed by atoms with E-state index in [2.05, 4.69) is 46.5 Å². The third kappa shape index (κ3) is 2.73. The average molecular weight is 324 g/mol. The molecule has 1 aromatic carbocycles. The van der Waals surface area contributed by atoms with Crippen molar-refractivity contribution in [1.82, 2.24) is 20.0 Å². The standard InChI is InChI=1S/C19H24N4O/c1-13-16(11-21-22(13)2)10-20-17-9-19(24)23(12-17)18-7-14-5-3-4-6-15(14)8-18/h3-6,11,17-18,20H,7-10,12H2,1-2H3. The van der Waals surface area contributed by atoms with Crippen molar-refractivity contribution in [3.63, 3.8) is 0 Å². The number of hydrogen-bond acceptors (Lipinski definition) is 3. The largest absolute Gasteiger partial charge is 0.337 e. The van der Waals surface area contributed by atoms with E-state index in [1.54, 1.807) is 0 Å². The highest BCUT2D eigenvalue weighted by Gasteiger charge is 2.36. The van der Waals surface area contributed by atoms with Crippen molar-refractivity contribution in [2.45, 2.75) is 44.8 Å². The van der Waals surface area contributed by atoms with Crippen LogP contribution in [0.15, 0.2) is 30.5 Å². The van der Waals surface area contributed by atoms with E-state index < -0.39 is 0 Å². The lowest BCUT2D eigenvalue weighted by Gasteiger charge is -2.24. The molecule has 1 N–H and O–H groups in total. The van der Waals surface area contributed by atoms with Crippen LogP contribution in [0.4, 0.5) is 0 Å². The Bertz CT molecular complexity index is 741. The van der Waals surface area contributed by atoms with E-state index in [0.29, 0.717) is 12.5 Å². The Hall–Kier alpha value is -2.14. The molecule has 2 aromatic rings. The van der Waals surface area contributed by atoms with E-state index >= 15 is 0 Å².